The van der Waals surface area contributed by atoms with Crippen molar-refractivity contribution in [2.45, 2.75) is 19.4 Å². The zero-order valence-electron chi connectivity index (χ0n) is 9.59. The normalized spacial score (nSPS) is 12.2. The molecule has 0 spiro atoms. The maximum Gasteiger partial charge on any atom is 0.251 e. The Morgan fingerprint density at radius 3 is 2.56 bits per heavy atom. The summed E-state index contributed by atoms with van der Waals surface area (Å²) in [5.41, 5.74) is 0.640. The number of rotatable bonds is 5. The van der Waals surface area contributed by atoms with Crippen molar-refractivity contribution in [3.8, 4) is 0 Å². The van der Waals surface area contributed by atoms with Crippen molar-refractivity contribution in [1.29, 1.82) is 0 Å². The van der Waals surface area contributed by atoms with Crippen LogP contribution in [0, 0.1) is 0 Å². The summed E-state index contributed by atoms with van der Waals surface area (Å²) in [5.74, 6) is -0.0556. The van der Waals surface area contributed by atoms with Gasteiger partial charge >= 0.3 is 0 Å². The van der Waals surface area contributed by atoms with E-state index in [4.69, 9.17) is 11.6 Å². The molecule has 0 aromatic heterocycles. The molecule has 0 radical (unpaired) electrons. The third-order valence-corrected chi connectivity index (χ3v) is 2.71. The summed E-state index contributed by atoms with van der Waals surface area (Å²) in [6, 6.07) is 7.28. The molecular weight excluding hydrogens is 224 g/mol. The molecule has 1 rings (SSSR count). The van der Waals surface area contributed by atoms with Crippen molar-refractivity contribution in [2.24, 2.45) is 0 Å². The summed E-state index contributed by atoms with van der Waals surface area (Å²) < 4.78 is 0. The van der Waals surface area contributed by atoms with Crippen LogP contribution >= 0.6 is 11.6 Å². The van der Waals surface area contributed by atoms with Crippen molar-refractivity contribution in [2.75, 3.05) is 13.6 Å². The third kappa shape index (κ3) is 4.21. The van der Waals surface area contributed by atoms with E-state index in [0.29, 0.717) is 23.2 Å². The van der Waals surface area contributed by atoms with E-state index in [1.807, 2.05) is 7.05 Å². The van der Waals surface area contributed by atoms with Crippen LogP contribution in [0.25, 0.3) is 0 Å². The Labute approximate surface area is 101 Å². The average molecular weight is 241 g/mol. The van der Waals surface area contributed by atoms with Crippen molar-refractivity contribution in [1.82, 2.24) is 10.6 Å². The molecule has 88 valence electrons. The minimum atomic E-state index is -0.0556. The fourth-order valence-electron chi connectivity index (χ4n) is 1.25. The fraction of sp³-hybridized carbons (Fsp3) is 0.417. The van der Waals surface area contributed by atoms with Gasteiger partial charge in [0.25, 0.3) is 5.91 Å². The van der Waals surface area contributed by atoms with Gasteiger partial charge in [0.15, 0.2) is 0 Å². The van der Waals surface area contributed by atoms with E-state index in [1.165, 1.54) is 0 Å². The number of nitrogens with one attached hydrogen (secondary N) is 2. The van der Waals surface area contributed by atoms with Crippen LogP contribution in [0.3, 0.4) is 0 Å². The summed E-state index contributed by atoms with van der Waals surface area (Å²) >= 11 is 5.74. The Morgan fingerprint density at radius 1 is 1.38 bits per heavy atom. The monoisotopic (exact) mass is 240 g/mol. The summed E-state index contributed by atoms with van der Waals surface area (Å²) in [5, 5.41) is 6.62. The predicted molar refractivity (Wildman–Crippen MR) is 66.9 cm³/mol. The molecule has 1 amide bonds. The van der Waals surface area contributed by atoms with Gasteiger partial charge in [-0.15, -0.1) is 0 Å². The van der Waals surface area contributed by atoms with Gasteiger partial charge in [0.1, 0.15) is 0 Å². The number of hydrogen-bond donors (Lipinski definition) is 2. The average Bonchev–Trinajstić information content (AvgIpc) is 2.29. The Hall–Kier alpha value is -1.06. The van der Waals surface area contributed by atoms with Crippen LogP contribution in [0.4, 0.5) is 0 Å². The van der Waals surface area contributed by atoms with Crippen LogP contribution in [0.2, 0.25) is 5.02 Å². The second kappa shape index (κ2) is 6.51. The van der Waals surface area contributed by atoms with Gasteiger partial charge in [-0.3, -0.25) is 4.79 Å². The van der Waals surface area contributed by atoms with E-state index in [-0.39, 0.29) is 5.91 Å². The molecule has 0 fully saturated rings. The van der Waals surface area contributed by atoms with Gasteiger partial charge in [-0.1, -0.05) is 11.6 Å². The number of benzene rings is 1. The molecule has 0 saturated carbocycles. The lowest BCUT2D eigenvalue weighted by molar-refractivity contribution is 0.0952. The predicted octanol–water partition coefficient (Wildman–Crippen LogP) is 2.07. The minimum absolute atomic E-state index is 0.0556. The summed E-state index contributed by atoms with van der Waals surface area (Å²) in [6.07, 6.45) is 0.913. The number of halogens is 1. The smallest absolute Gasteiger partial charge is 0.251 e. The van der Waals surface area contributed by atoms with Gasteiger partial charge in [-0.25, -0.2) is 0 Å². The van der Waals surface area contributed by atoms with Gasteiger partial charge in [-0.05, 0) is 44.7 Å². The summed E-state index contributed by atoms with van der Waals surface area (Å²) in [7, 11) is 1.91. The molecule has 4 heteroatoms. The zero-order chi connectivity index (χ0) is 12.0. The van der Waals surface area contributed by atoms with Gasteiger partial charge < -0.3 is 10.6 Å². The molecule has 2 N–H and O–H groups in total. The molecule has 1 unspecified atom stereocenters. The highest BCUT2D eigenvalue weighted by molar-refractivity contribution is 6.30. The molecule has 0 saturated heterocycles. The highest BCUT2D eigenvalue weighted by Crippen LogP contribution is 2.09. The maximum atomic E-state index is 11.7. The Balaban J connectivity index is 2.38. The lowest BCUT2D eigenvalue weighted by Gasteiger charge is -2.10. The van der Waals surface area contributed by atoms with Gasteiger partial charge in [0.05, 0.1) is 0 Å². The van der Waals surface area contributed by atoms with E-state index in [9.17, 15) is 4.79 Å². The molecule has 3 nitrogen and oxygen atoms in total. The molecular formula is C12H17ClN2O. The quantitative estimate of drug-likeness (QED) is 0.827. The van der Waals surface area contributed by atoms with Gasteiger partial charge in [0, 0.05) is 23.2 Å². The second-order valence-electron chi connectivity index (χ2n) is 3.74. The molecule has 0 aliphatic rings. The zero-order valence-corrected chi connectivity index (χ0v) is 10.3. The number of hydrogen-bond acceptors (Lipinski definition) is 2. The standard InChI is InChI=1S/C12H17ClN2O/c1-9(14-2)7-8-15-12(16)10-3-5-11(13)6-4-10/h3-6,9,14H,7-8H2,1-2H3,(H,15,16). The van der Waals surface area contributed by atoms with E-state index in [1.54, 1.807) is 24.3 Å². The minimum Gasteiger partial charge on any atom is -0.352 e. The molecule has 1 aromatic rings. The largest absolute Gasteiger partial charge is 0.352 e. The number of amides is 1. The third-order valence-electron chi connectivity index (χ3n) is 2.46. The SMILES string of the molecule is CNC(C)CCNC(=O)c1ccc(Cl)cc1. The van der Waals surface area contributed by atoms with Crippen molar-refractivity contribution >= 4 is 17.5 Å². The highest BCUT2D eigenvalue weighted by atomic mass is 35.5. The first-order chi connectivity index (χ1) is 7.63. The Morgan fingerprint density at radius 2 is 2.00 bits per heavy atom. The van der Waals surface area contributed by atoms with Crippen LogP contribution in [0.1, 0.15) is 23.7 Å². The van der Waals surface area contributed by atoms with Crippen LogP contribution in [0.15, 0.2) is 24.3 Å². The molecule has 1 aromatic carbocycles. The van der Waals surface area contributed by atoms with Crippen LogP contribution < -0.4 is 10.6 Å². The fourth-order valence-corrected chi connectivity index (χ4v) is 1.38. The van der Waals surface area contributed by atoms with E-state index >= 15 is 0 Å². The van der Waals surface area contributed by atoms with E-state index in [2.05, 4.69) is 17.6 Å². The van der Waals surface area contributed by atoms with E-state index in [0.717, 1.165) is 6.42 Å². The van der Waals surface area contributed by atoms with Crippen LogP contribution in [-0.2, 0) is 0 Å². The lowest BCUT2D eigenvalue weighted by atomic mass is 10.2. The van der Waals surface area contributed by atoms with Crippen LogP contribution in [0.5, 0.6) is 0 Å². The number of carbonyl (C=O) groups excluding carboxylic acids is 1. The summed E-state index contributed by atoms with van der Waals surface area (Å²) in [4.78, 5) is 11.7. The molecule has 16 heavy (non-hydrogen) atoms. The topological polar surface area (TPSA) is 41.1 Å². The first kappa shape index (κ1) is 13.0. The Bertz CT molecular complexity index is 337. The summed E-state index contributed by atoms with van der Waals surface area (Å²) in [6.45, 7) is 2.75. The molecule has 0 heterocycles. The first-order valence-corrected chi connectivity index (χ1v) is 5.72. The first-order valence-electron chi connectivity index (χ1n) is 5.34. The molecule has 0 bridgehead atoms. The Kier molecular flexibility index (Phi) is 5.29. The van der Waals surface area contributed by atoms with Crippen molar-refractivity contribution < 1.29 is 4.79 Å². The van der Waals surface area contributed by atoms with Crippen molar-refractivity contribution in [3.05, 3.63) is 34.9 Å². The molecule has 0 aliphatic carbocycles. The maximum absolute atomic E-state index is 11.7. The van der Waals surface area contributed by atoms with E-state index < -0.39 is 0 Å². The second-order valence-corrected chi connectivity index (χ2v) is 4.18. The molecule has 0 aliphatic heterocycles. The van der Waals surface area contributed by atoms with Crippen LogP contribution in [-0.4, -0.2) is 25.5 Å². The van der Waals surface area contributed by atoms with Crippen molar-refractivity contribution in [3.63, 3.8) is 0 Å². The number of carbonyl (C=O) groups is 1. The van der Waals surface area contributed by atoms with Gasteiger partial charge in [0.2, 0.25) is 0 Å². The lowest BCUT2D eigenvalue weighted by Crippen LogP contribution is -2.30. The van der Waals surface area contributed by atoms with Gasteiger partial charge in [-0.2, -0.15) is 0 Å². The highest BCUT2D eigenvalue weighted by Gasteiger charge is 2.05. The molecule has 1 atom stereocenters.